The Kier molecular flexibility index (Phi) is 6.60. The van der Waals surface area contributed by atoms with Crippen molar-refractivity contribution in [1.82, 2.24) is 0 Å². The molecule has 0 radical (unpaired) electrons. The summed E-state index contributed by atoms with van der Waals surface area (Å²) in [5.41, 5.74) is 0. The molecule has 14 heavy (non-hydrogen) atoms. The Labute approximate surface area is 90.2 Å². The van der Waals surface area contributed by atoms with E-state index in [9.17, 15) is 5.11 Å². The van der Waals surface area contributed by atoms with Crippen LogP contribution in [0, 0.1) is 5.92 Å². The van der Waals surface area contributed by atoms with Gasteiger partial charge in [-0.05, 0) is 24.5 Å². The van der Waals surface area contributed by atoms with E-state index in [1.165, 1.54) is 0 Å². The summed E-state index contributed by atoms with van der Waals surface area (Å²) < 4.78 is 10.4. The highest BCUT2D eigenvalue weighted by atomic mass is 32.2. The highest BCUT2D eigenvalue weighted by molar-refractivity contribution is 7.99. The Balaban J connectivity index is 1.88. The van der Waals surface area contributed by atoms with E-state index in [-0.39, 0.29) is 6.10 Å². The average Bonchev–Trinajstić information content (AvgIpc) is 2.58. The van der Waals surface area contributed by atoms with Gasteiger partial charge in [-0.1, -0.05) is 0 Å². The van der Waals surface area contributed by atoms with Crippen LogP contribution in [0.2, 0.25) is 0 Å². The highest BCUT2D eigenvalue weighted by Gasteiger charge is 2.24. The molecule has 0 aliphatic carbocycles. The predicted molar refractivity (Wildman–Crippen MR) is 58.8 cm³/mol. The molecule has 1 heterocycles. The van der Waals surface area contributed by atoms with Crippen LogP contribution in [0.25, 0.3) is 0 Å². The third-order valence-corrected chi connectivity index (χ3v) is 3.68. The molecule has 3 nitrogen and oxygen atoms in total. The molecule has 1 fully saturated rings. The molecule has 0 amide bonds. The standard InChI is InChI=1S/C10H20O3S/c1-12-4-2-5-13-6-3-9-7-14-8-10(9)11/h9-11H,2-8H2,1H3. The second-order valence-electron chi connectivity index (χ2n) is 3.61. The van der Waals surface area contributed by atoms with E-state index in [0.717, 1.165) is 44.2 Å². The van der Waals surface area contributed by atoms with E-state index in [4.69, 9.17) is 9.47 Å². The van der Waals surface area contributed by atoms with Crippen molar-refractivity contribution in [1.29, 1.82) is 0 Å². The first-order chi connectivity index (χ1) is 6.84. The second kappa shape index (κ2) is 7.51. The lowest BCUT2D eigenvalue weighted by atomic mass is 10.0. The van der Waals surface area contributed by atoms with E-state index in [2.05, 4.69) is 0 Å². The van der Waals surface area contributed by atoms with Crippen LogP contribution in [0.5, 0.6) is 0 Å². The van der Waals surface area contributed by atoms with Gasteiger partial charge in [-0.2, -0.15) is 11.8 Å². The van der Waals surface area contributed by atoms with E-state index in [1.807, 2.05) is 11.8 Å². The molecule has 4 heteroatoms. The third kappa shape index (κ3) is 4.64. The Morgan fingerprint density at radius 3 is 2.79 bits per heavy atom. The Morgan fingerprint density at radius 2 is 2.14 bits per heavy atom. The molecule has 0 aromatic rings. The zero-order valence-electron chi connectivity index (χ0n) is 8.78. The van der Waals surface area contributed by atoms with E-state index < -0.39 is 0 Å². The number of methoxy groups -OCH3 is 1. The molecule has 0 aromatic heterocycles. The predicted octanol–water partition coefficient (Wildman–Crippen LogP) is 1.15. The molecule has 0 saturated carbocycles. The van der Waals surface area contributed by atoms with Crippen molar-refractivity contribution in [3.63, 3.8) is 0 Å². The number of thioether (sulfide) groups is 1. The van der Waals surface area contributed by atoms with Crippen molar-refractivity contribution in [2.75, 3.05) is 38.4 Å². The van der Waals surface area contributed by atoms with Crippen molar-refractivity contribution in [3.05, 3.63) is 0 Å². The molecule has 1 aliphatic heterocycles. The molecule has 1 saturated heterocycles. The van der Waals surface area contributed by atoms with Gasteiger partial charge in [-0.15, -0.1) is 0 Å². The van der Waals surface area contributed by atoms with Crippen LogP contribution < -0.4 is 0 Å². The summed E-state index contributed by atoms with van der Waals surface area (Å²) in [5, 5.41) is 9.53. The average molecular weight is 220 g/mol. The monoisotopic (exact) mass is 220 g/mol. The number of aliphatic hydroxyl groups excluding tert-OH is 1. The lowest BCUT2D eigenvalue weighted by molar-refractivity contribution is 0.0755. The Hall–Kier alpha value is 0.230. The fourth-order valence-electron chi connectivity index (χ4n) is 1.51. The minimum absolute atomic E-state index is 0.109. The highest BCUT2D eigenvalue weighted by Crippen LogP contribution is 2.26. The lowest BCUT2D eigenvalue weighted by Gasteiger charge is -2.12. The van der Waals surface area contributed by atoms with E-state index >= 15 is 0 Å². The molecule has 84 valence electrons. The zero-order valence-corrected chi connectivity index (χ0v) is 9.59. The zero-order chi connectivity index (χ0) is 10.2. The van der Waals surface area contributed by atoms with Crippen LogP contribution in [0.3, 0.4) is 0 Å². The summed E-state index contributed by atoms with van der Waals surface area (Å²) >= 11 is 1.84. The van der Waals surface area contributed by atoms with Crippen molar-refractivity contribution in [2.24, 2.45) is 5.92 Å². The van der Waals surface area contributed by atoms with E-state index in [1.54, 1.807) is 7.11 Å². The number of ether oxygens (including phenoxy) is 2. The second-order valence-corrected chi connectivity index (χ2v) is 4.69. The van der Waals surface area contributed by atoms with Gasteiger partial charge in [-0.25, -0.2) is 0 Å². The summed E-state index contributed by atoms with van der Waals surface area (Å²) in [6.45, 7) is 2.30. The molecule has 0 aromatic carbocycles. The topological polar surface area (TPSA) is 38.7 Å². The number of rotatable bonds is 7. The van der Waals surface area contributed by atoms with Crippen molar-refractivity contribution in [3.8, 4) is 0 Å². The number of hydrogen-bond donors (Lipinski definition) is 1. The number of hydrogen-bond acceptors (Lipinski definition) is 4. The van der Waals surface area contributed by atoms with Gasteiger partial charge >= 0.3 is 0 Å². The normalized spacial score (nSPS) is 27.0. The SMILES string of the molecule is COCCCOCCC1CSCC1O. The van der Waals surface area contributed by atoms with Crippen LogP contribution in [-0.2, 0) is 9.47 Å². The van der Waals surface area contributed by atoms with Gasteiger partial charge in [0.1, 0.15) is 0 Å². The maximum atomic E-state index is 9.53. The van der Waals surface area contributed by atoms with Gasteiger partial charge in [0, 0.05) is 32.7 Å². The van der Waals surface area contributed by atoms with Gasteiger partial charge in [0.2, 0.25) is 0 Å². The van der Waals surface area contributed by atoms with Crippen LogP contribution >= 0.6 is 11.8 Å². The van der Waals surface area contributed by atoms with Crippen LogP contribution in [0.4, 0.5) is 0 Å². The molecule has 1 aliphatic rings. The fourth-order valence-corrected chi connectivity index (χ4v) is 2.85. The summed E-state index contributed by atoms with van der Waals surface area (Å²) in [4.78, 5) is 0. The van der Waals surface area contributed by atoms with E-state index in [0.29, 0.717) is 5.92 Å². The smallest absolute Gasteiger partial charge is 0.0667 e. The fraction of sp³-hybridized carbons (Fsp3) is 1.00. The first kappa shape index (κ1) is 12.3. The third-order valence-electron chi connectivity index (χ3n) is 2.43. The first-order valence-corrected chi connectivity index (χ1v) is 6.32. The molecule has 0 bridgehead atoms. The van der Waals surface area contributed by atoms with Gasteiger partial charge in [-0.3, -0.25) is 0 Å². The molecule has 2 atom stereocenters. The van der Waals surface area contributed by atoms with Gasteiger partial charge in [0.05, 0.1) is 6.10 Å². The molecule has 2 unspecified atom stereocenters. The minimum atomic E-state index is -0.109. The lowest BCUT2D eigenvalue weighted by Crippen LogP contribution is -2.19. The summed E-state index contributed by atoms with van der Waals surface area (Å²) in [5.74, 6) is 2.43. The first-order valence-electron chi connectivity index (χ1n) is 5.17. The van der Waals surface area contributed by atoms with Crippen molar-refractivity contribution in [2.45, 2.75) is 18.9 Å². The van der Waals surface area contributed by atoms with Crippen molar-refractivity contribution >= 4 is 11.8 Å². The maximum Gasteiger partial charge on any atom is 0.0667 e. The Morgan fingerprint density at radius 1 is 1.29 bits per heavy atom. The molecule has 0 spiro atoms. The molecular formula is C10H20O3S. The van der Waals surface area contributed by atoms with Crippen LogP contribution in [0.1, 0.15) is 12.8 Å². The minimum Gasteiger partial charge on any atom is -0.392 e. The van der Waals surface area contributed by atoms with Crippen molar-refractivity contribution < 1.29 is 14.6 Å². The molecular weight excluding hydrogens is 200 g/mol. The van der Waals surface area contributed by atoms with Crippen LogP contribution in [0.15, 0.2) is 0 Å². The summed E-state index contributed by atoms with van der Waals surface area (Å²) in [6, 6.07) is 0. The van der Waals surface area contributed by atoms with Gasteiger partial charge in [0.25, 0.3) is 0 Å². The summed E-state index contributed by atoms with van der Waals surface area (Å²) in [7, 11) is 1.70. The van der Waals surface area contributed by atoms with Gasteiger partial charge in [0.15, 0.2) is 0 Å². The largest absolute Gasteiger partial charge is 0.392 e. The quantitative estimate of drug-likeness (QED) is 0.653. The van der Waals surface area contributed by atoms with Crippen LogP contribution in [-0.4, -0.2) is 49.6 Å². The maximum absolute atomic E-state index is 9.53. The molecule has 1 rings (SSSR count). The number of aliphatic hydroxyl groups is 1. The van der Waals surface area contributed by atoms with Gasteiger partial charge < -0.3 is 14.6 Å². The molecule has 1 N–H and O–H groups in total. The summed E-state index contributed by atoms with van der Waals surface area (Å²) in [6.07, 6.45) is 1.84. The Bertz CT molecular complexity index is 143.